The van der Waals surface area contributed by atoms with Crippen LogP contribution in [-0.4, -0.2) is 11.1 Å². The molecule has 1 atom stereocenters. The van der Waals surface area contributed by atoms with Crippen molar-refractivity contribution in [3.63, 3.8) is 0 Å². The summed E-state index contributed by atoms with van der Waals surface area (Å²) in [7, 11) is 0. The van der Waals surface area contributed by atoms with Crippen LogP contribution >= 0.6 is 50.6 Å². The van der Waals surface area contributed by atoms with Gasteiger partial charge in [0.05, 0.1) is 0 Å². The zero-order chi connectivity index (χ0) is 9.68. The van der Waals surface area contributed by atoms with Gasteiger partial charge in [-0.3, -0.25) is 0 Å². The number of thioether (sulfide) groups is 1. The van der Waals surface area contributed by atoms with Crippen LogP contribution in [0.1, 0.15) is 18.2 Å². The van der Waals surface area contributed by atoms with Crippen LogP contribution in [0.25, 0.3) is 0 Å². The third kappa shape index (κ3) is 4.73. The second kappa shape index (κ2) is 6.33. The van der Waals surface area contributed by atoms with Crippen molar-refractivity contribution in [2.24, 2.45) is 0 Å². The maximum absolute atomic E-state index is 5.66. The Balaban J connectivity index is 2.26. The summed E-state index contributed by atoms with van der Waals surface area (Å²) in [5.41, 5.74) is 0. The van der Waals surface area contributed by atoms with Crippen LogP contribution in [0, 0.1) is 0 Å². The van der Waals surface area contributed by atoms with Crippen molar-refractivity contribution in [3.05, 3.63) is 20.8 Å². The average Bonchev–Trinajstić information content (AvgIpc) is 2.49. The van der Waals surface area contributed by atoms with Crippen molar-refractivity contribution < 1.29 is 0 Å². The van der Waals surface area contributed by atoms with Crippen molar-refractivity contribution in [1.82, 2.24) is 0 Å². The van der Waals surface area contributed by atoms with Gasteiger partial charge in [0.25, 0.3) is 0 Å². The van der Waals surface area contributed by atoms with E-state index in [0.29, 0.717) is 5.25 Å². The van der Waals surface area contributed by atoms with Gasteiger partial charge in [-0.25, -0.2) is 0 Å². The molecule has 1 heterocycles. The predicted molar refractivity (Wildman–Crippen MR) is 68.1 cm³/mol. The lowest BCUT2D eigenvalue weighted by Gasteiger charge is -2.07. The standard InChI is InChI=1S/C9H12BrClS2/c1-7(2-3-11)12-6-9-4-8(10)5-13-9/h4-5,7H,2-3,6H2,1H3. The molecular formula is C9H12BrClS2. The fourth-order valence-electron chi connectivity index (χ4n) is 0.891. The fraction of sp³-hybridized carbons (Fsp3) is 0.556. The first-order valence-electron chi connectivity index (χ1n) is 4.13. The van der Waals surface area contributed by atoms with Gasteiger partial charge in [-0.15, -0.1) is 22.9 Å². The molecule has 1 aromatic rings. The highest BCUT2D eigenvalue weighted by Gasteiger charge is 2.03. The zero-order valence-electron chi connectivity index (χ0n) is 7.43. The number of thiophene rings is 1. The summed E-state index contributed by atoms with van der Waals surface area (Å²) < 4.78 is 1.19. The molecule has 0 spiro atoms. The molecule has 0 bridgehead atoms. The molecular weight excluding hydrogens is 288 g/mol. The molecule has 0 nitrogen and oxygen atoms in total. The summed E-state index contributed by atoms with van der Waals surface area (Å²) in [6.07, 6.45) is 1.10. The van der Waals surface area contributed by atoms with Crippen LogP contribution in [0.3, 0.4) is 0 Å². The van der Waals surface area contributed by atoms with Crippen LogP contribution < -0.4 is 0 Å². The minimum Gasteiger partial charge on any atom is -0.153 e. The molecule has 0 radical (unpaired) electrons. The topological polar surface area (TPSA) is 0 Å². The maximum atomic E-state index is 5.66. The Labute approximate surface area is 101 Å². The first-order chi connectivity index (χ1) is 6.22. The largest absolute Gasteiger partial charge is 0.153 e. The van der Waals surface area contributed by atoms with Crippen LogP contribution in [0.5, 0.6) is 0 Å². The number of hydrogen-bond donors (Lipinski definition) is 0. The van der Waals surface area contributed by atoms with Crippen molar-refractivity contribution in [2.45, 2.75) is 24.3 Å². The number of alkyl halides is 1. The van der Waals surface area contributed by atoms with E-state index in [9.17, 15) is 0 Å². The molecule has 13 heavy (non-hydrogen) atoms. The monoisotopic (exact) mass is 298 g/mol. The summed E-state index contributed by atoms with van der Waals surface area (Å²) in [6, 6.07) is 2.19. The van der Waals surface area contributed by atoms with E-state index in [1.807, 2.05) is 23.1 Å². The smallest absolute Gasteiger partial charge is 0.0285 e. The van der Waals surface area contributed by atoms with Crippen molar-refractivity contribution >= 4 is 50.6 Å². The third-order valence-electron chi connectivity index (χ3n) is 1.65. The molecule has 4 heteroatoms. The van der Waals surface area contributed by atoms with Gasteiger partial charge in [0, 0.05) is 31.6 Å². The Kier molecular flexibility index (Phi) is 5.79. The minimum absolute atomic E-state index is 0.665. The van der Waals surface area contributed by atoms with Crippen LogP contribution in [0.15, 0.2) is 15.9 Å². The van der Waals surface area contributed by atoms with E-state index in [-0.39, 0.29) is 0 Å². The lowest BCUT2D eigenvalue weighted by Crippen LogP contribution is -1.96. The van der Waals surface area contributed by atoms with Gasteiger partial charge in [-0.1, -0.05) is 6.92 Å². The second-order valence-electron chi connectivity index (χ2n) is 2.83. The number of halogens is 2. The highest BCUT2D eigenvalue weighted by atomic mass is 79.9. The molecule has 0 aliphatic rings. The first-order valence-corrected chi connectivity index (χ1v) is 7.38. The van der Waals surface area contributed by atoms with Gasteiger partial charge in [-0.05, 0) is 28.4 Å². The third-order valence-corrected chi connectivity index (χ3v) is 5.03. The Bertz CT molecular complexity index is 250. The molecule has 0 N–H and O–H groups in total. The minimum atomic E-state index is 0.665. The molecule has 0 aliphatic carbocycles. The van der Waals surface area contributed by atoms with E-state index in [1.54, 1.807) is 0 Å². The average molecular weight is 300 g/mol. The van der Waals surface area contributed by atoms with Gasteiger partial charge in [0.2, 0.25) is 0 Å². The lowest BCUT2D eigenvalue weighted by atomic mass is 10.4. The van der Waals surface area contributed by atoms with Gasteiger partial charge in [-0.2, -0.15) is 11.8 Å². The van der Waals surface area contributed by atoms with Crippen molar-refractivity contribution in [2.75, 3.05) is 5.88 Å². The molecule has 0 saturated carbocycles. The van der Waals surface area contributed by atoms with Gasteiger partial charge >= 0.3 is 0 Å². The first kappa shape index (κ1) is 11.9. The number of rotatable bonds is 5. The van der Waals surface area contributed by atoms with E-state index in [2.05, 4.69) is 34.3 Å². The molecule has 0 saturated heterocycles. The molecule has 1 aromatic heterocycles. The molecule has 0 amide bonds. The van der Waals surface area contributed by atoms with Crippen LogP contribution in [-0.2, 0) is 5.75 Å². The van der Waals surface area contributed by atoms with Crippen LogP contribution in [0.4, 0.5) is 0 Å². The van der Waals surface area contributed by atoms with Gasteiger partial charge in [0.15, 0.2) is 0 Å². The van der Waals surface area contributed by atoms with E-state index in [1.165, 1.54) is 9.35 Å². The highest BCUT2D eigenvalue weighted by Crippen LogP contribution is 2.26. The zero-order valence-corrected chi connectivity index (χ0v) is 11.4. The molecule has 74 valence electrons. The normalized spacial score (nSPS) is 13.2. The summed E-state index contributed by atoms with van der Waals surface area (Å²) in [5, 5.41) is 2.79. The molecule has 1 rings (SSSR count). The molecule has 1 unspecified atom stereocenters. The quantitative estimate of drug-likeness (QED) is 0.706. The summed E-state index contributed by atoms with van der Waals surface area (Å²) >= 11 is 12.9. The molecule has 0 aromatic carbocycles. The Hall–Kier alpha value is 0.820. The maximum Gasteiger partial charge on any atom is 0.0285 e. The summed E-state index contributed by atoms with van der Waals surface area (Å²) in [6.45, 7) is 2.23. The van der Waals surface area contributed by atoms with E-state index in [0.717, 1.165) is 18.1 Å². The Morgan fingerprint density at radius 1 is 1.69 bits per heavy atom. The number of hydrogen-bond acceptors (Lipinski definition) is 2. The predicted octanol–water partition coefficient (Wildman–Crippen LogP) is 4.76. The van der Waals surface area contributed by atoms with Gasteiger partial charge in [0.1, 0.15) is 0 Å². The SMILES string of the molecule is CC(CCCl)SCc1cc(Br)cs1. The Morgan fingerprint density at radius 2 is 2.46 bits per heavy atom. The van der Waals surface area contributed by atoms with E-state index < -0.39 is 0 Å². The Morgan fingerprint density at radius 3 is 3.00 bits per heavy atom. The van der Waals surface area contributed by atoms with Crippen molar-refractivity contribution in [3.8, 4) is 0 Å². The second-order valence-corrected chi connectivity index (χ2v) is 6.55. The summed E-state index contributed by atoms with van der Waals surface area (Å²) in [5.74, 6) is 1.87. The lowest BCUT2D eigenvalue weighted by molar-refractivity contribution is 0.912. The van der Waals surface area contributed by atoms with Crippen molar-refractivity contribution in [1.29, 1.82) is 0 Å². The van der Waals surface area contributed by atoms with E-state index in [4.69, 9.17) is 11.6 Å². The summed E-state index contributed by atoms with van der Waals surface area (Å²) in [4.78, 5) is 1.43. The van der Waals surface area contributed by atoms with E-state index >= 15 is 0 Å². The fourth-order valence-corrected chi connectivity index (χ4v) is 3.88. The highest BCUT2D eigenvalue weighted by molar-refractivity contribution is 9.10. The molecule has 0 aliphatic heterocycles. The van der Waals surface area contributed by atoms with Gasteiger partial charge < -0.3 is 0 Å². The molecule has 0 fully saturated rings. The van der Waals surface area contributed by atoms with Crippen LogP contribution in [0.2, 0.25) is 0 Å².